The van der Waals surface area contributed by atoms with E-state index >= 15 is 0 Å². The Balaban J connectivity index is 2.38. The van der Waals surface area contributed by atoms with Gasteiger partial charge in [-0.05, 0) is 42.8 Å². The molecule has 2 aromatic rings. The van der Waals surface area contributed by atoms with Gasteiger partial charge in [-0.2, -0.15) is 5.10 Å². The molecular weight excluding hydrogens is 384 g/mol. The van der Waals surface area contributed by atoms with Crippen molar-refractivity contribution in [2.45, 2.75) is 13.3 Å². The van der Waals surface area contributed by atoms with Crippen LogP contribution >= 0.6 is 0 Å². The molecule has 29 heavy (non-hydrogen) atoms. The van der Waals surface area contributed by atoms with Crippen LogP contribution in [0.25, 0.3) is 0 Å². The summed E-state index contributed by atoms with van der Waals surface area (Å²) in [6, 6.07) is 9.80. The number of anilines is 1. The Labute approximate surface area is 165 Å². The predicted molar refractivity (Wildman–Crippen MR) is 104 cm³/mol. The molecule has 0 aromatic heterocycles. The van der Waals surface area contributed by atoms with Crippen molar-refractivity contribution < 1.29 is 24.1 Å². The summed E-state index contributed by atoms with van der Waals surface area (Å²) in [4.78, 5) is 32.5. The zero-order chi connectivity index (χ0) is 21.4. The second-order valence-electron chi connectivity index (χ2n) is 5.60. The predicted octanol–water partition coefficient (Wildman–Crippen LogP) is 3.28. The largest absolute Gasteiger partial charge is 0.497 e. The molecule has 0 unspecified atom stereocenters. The highest BCUT2D eigenvalue weighted by Crippen LogP contribution is 2.29. The lowest BCUT2D eigenvalue weighted by atomic mass is 10.1. The third kappa shape index (κ3) is 5.73. The number of rotatable bonds is 9. The molecule has 0 aliphatic rings. The van der Waals surface area contributed by atoms with Gasteiger partial charge in [0.05, 0.1) is 41.8 Å². The fourth-order valence-electron chi connectivity index (χ4n) is 2.35. The maximum absolute atomic E-state index is 11.9. The number of hydrogen-bond acceptors (Lipinski definition) is 9. The monoisotopic (exact) mass is 402 g/mol. The zero-order valence-electron chi connectivity index (χ0n) is 15.7. The molecule has 1 N–H and O–H groups in total. The topological polar surface area (TPSA) is 146 Å². The van der Waals surface area contributed by atoms with Crippen molar-refractivity contribution in [1.29, 1.82) is 0 Å². The Bertz CT molecular complexity index is 942. The van der Waals surface area contributed by atoms with Crippen LogP contribution in [0.2, 0.25) is 0 Å². The lowest BCUT2D eigenvalue weighted by Gasteiger charge is -2.09. The van der Waals surface area contributed by atoms with Crippen molar-refractivity contribution in [3.8, 4) is 5.75 Å². The summed E-state index contributed by atoms with van der Waals surface area (Å²) in [5.41, 5.74) is 2.35. The maximum atomic E-state index is 11.9. The second-order valence-corrected chi connectivity index (χ2v) is 5.60. The van der Waals surface area contributed by atoms with Gasteiger partial charge in [0.15, 0.2) is 0 Å². The summed E-state index contributed by atoms with van der Waals surface area (Å²) in [7, 11) is 1.51. The van der Waals surface area contributed by atoms with Gasteiger partial charge in [0, 0.05) is 6.07 Å². The molecule has 0 amide bonds. The molecule has 2 aromatic carbocycles. The number of hydrogen-bond donors (Lipinski definition) is 1. The van der Waals surface area contributed by atoms with Crippen LogP contribution in [0.1, 0.15) is 18.9 Å². The molecule has 0 atom stereocenters. The van der Waals surface area contributed by atoms with Crippen molar-refractivity contribution in [2.24, 2.45) is 5.10 Å². The molecular formula is C18H18N4O7. The minimum Gasteiger partial charge on any atom is -0.497 e. The number of nitrogens with zero attached hydrogens (tertiary/aromatic N) is 3. The first kappa shape index (κ1) is 21.3. The van der Waals surface area contributed by atoms with Gasteiger partial charge in [-0.25, -0.2) is 0 Å². The van der Waals surface area contributed by atoms with Crippen LogP contribution < -0.4 is 10.2 Å². The van der Waals surface area contributed by atoms with Crippen LogP contribution in [-0.4, -0.2) is 35.2 Å². The van der Waals surface area contributed by atoms with E-state index < -0.39 is 27.2 Å². The van der Waals surface area contributed by atoms with Crippen LogP contribution in [0, 0.1) is 20.2 Å². The minimum absolute atomic E-state index is 0.0597. The normalized spacial score (nSPS) is 10.9. The van der Waals surface area contributed by atoms with Gasteiger partial charge in [0.25, 0.3) is 5.69 Å². The first-order chi connectivity index (χ1) is 13.8. The Hall–Kier alpha value is -4.02. The van der Waals surface area contributed by atoms with E-state index in [1.165, 1.54) is 13.2 Å². The summed E-state index contributed by atoms with van der Waals surface area (Å²) in [5.74, 6) is 0.0743. The molecule has 0 spiro atoms. The van der Waals surface area contributed by atoms with Crippen molar-refractivity contribution in [2.75, 3.05) is 19.1 Å². The zero-order valence-corrected chi connectivity index (χ0v) is 15.7. The number of esters is 1. The fraction of sp³-hybridized carbons (Fsp3) is 0.222. The van der Waals surface area contributed by atoms with E-state index in [0.29, 0.717) is 11.3 Å². The van der Waals surface area contributed by atoms with E-state index in [4.69, 9.17) is 9.47 Å². The number of ether oxygens (including phenoxy) is 2. The van der Waals surface area contributed by atoms with E-state index in [0.717, 1.165) is 12.1 Å². The average Bonchev–Trinajstić information content (AvgIpc) is 2.71. The summed E-state index contributed by atoms with van der Waals surface area (Å²) in [6.45, 7) is 1.86. The number of non-ortho nitro benzene ring substituents is 1. The molecule has 11 nitrogen and oxygen atoms in total. The second kappa shape index (κ2) is 9.78. The van der Waals surface area contributed by atoms with Gasteiger partial charge in [0.2, 0.25) is 0 Å². The number of benzene rings is 2. The lowest BCUT2D eigenvalue weighted by Crippen LogP contribution is -2.14. The molecule has 0 heterocycles. The van der Waals surface area contributed by atoms with Crippen LogP contribution in [0.4, 0.5) is 17.1 Å². The number of carbonyl (C=O) groups excluding carboxylic acids is 1. The van der Waals surface area contributed by atoms with Gasteiger partial charge in [-0.1, -0.05) is 0 Å². The molecule has 0 saturated carbocycles. The van der Waals surface area contributed by atoms with Crippen molar-refractivity contribution in [3.05, 3.63) is 68.3 Å². The molecule has 0 aliphatic heterocycles. The van der Waals surface area contributed by atoms with Crippen LogP contribution in [0.3, 0.4) is 0 Å². The quantitative estimate of drug-likeness (QED) is 0.291. The summed E-state index contributed by atoms with van der Waals surface area (Å²) >= 11 is 0. The third-order valence-corrected chi connectivity index (χ3v) is 3.74. The van der Waals surface area contributed by atoms with Crippen molar-refractivity contribution >= 4 is 28.7 Å². The molecule has 0 radical (unpaired) electrons. The molecule has 0 fully saturated rings. The third-order valence-electron chi connectivity index (χ3n) is 3.74. The van der Waals surface area contributed by atoms with Crippen LogP contribution in [0.15, 0.2) is 47.6 Å². The SMILES string of the molecule is CCOC(=O)C/C(=N/Nc1ccc([N+](=O)[O-])cc1[N+](=O)[O-])c1ccc(OC)cc1. The van der Waals surface area contributed by atoms with E-state index in [9.17, 15) is 25.0 Å². The number of nitro benzene ring substituents is 2. The standard InChI is InChI=1S/C18H18N4O7/c1-3-29-18(23)11-16(12-4-7-14(28-2)8-5-12)20-19-15-9-6-13(21(24)25)10-17(15)22(26)27/h4-10,19H,3,11H2,1-2H3/b20-16-. The molecule has 2 rings (SSSR count). The highest BCUT2D eigenvalue weighted by molar-refractivity contribution is 6.09. The number of nitro groups is 2. The van der Waals surface area contributed by atoms with Gasteiger partial charge < -0.3 is 9.47 Å². The molecule has 11 heteroatoms. The minimum atomic E-state index is -0.761. The Kier molecular flexibility index (Phi) is 7.18. The lowest BCUT2D eigenvalue weighted by molar-refractivity contribution is -0.393. The number of nitrogens with one attached hydrogen (secondary N) is 1. The summed E-state index contributed by atoms with van der Waals surface area (Å²) in [6.07, 6.45) is -0.187. The summed E-state index contributed by atoms with van der Waals surface area (Å²) < 4.78 is 10.0. The summed E-state index contributed by atoms with van der Waals surface area (Å²) in [5, 5.41) is 26.2. The van der Waals surface area contributed by atoms with E-state index in [2.05, 4.69) is 10.5 Å². The highest BCUT2D eigenvalue weighted by Gasteiger charge is 2.20. The smallest absolute Gasteiger partial charge is 0.311 e. The Morgan fingerprint density at radius 2 is 1.79 bits per heavy atom. The highest BCUT2D eigenvalue weighted by atomic mass is 16.6. The number of carbonyl (C=O) groups is 1. The number of hydrazone groups is 1. The molecule has 0 bridgehead atoms. The van der Waals surface area contributed by atoms with Gasteiger partial charge in [-0.3, -0.25) is 30.4 Å². The first-order valence-corrected chi connectivity index (χ1v) is 8.41. The Morgan fingerprint density at radius 1 is 1.10 bits per heavy atom. The first-order valence-electron chi connectivity index (χ1n) is 8.41. The van der Waals surface area contributed by atoms with Crippen molar-refractivity contribution in [1.82, 2.24) is 0 Å². The van der Waals surface area contributed by atoms with Crippen LogP contribution in [0.5, 0.6) is 5.75 Å². The molecule has 152 valence electrons. The van der Waals surface area contributed by atoms with E-state index in [1.807, 2.05) is 0 Å². The average molecular weight is 402 g/mol. The van der Waals surface area contributed by atoms with E-state index in [1.54, 1.807) is 31.2 Å². The maximum Gasteiger partial charge on any atom is 0.311 e. The van der Waals surface area contributed by atoms with Gasteiger partial charge in [-0.15, -0.1) is 0 Å². The van der Waals surface area contributed by atoms with E-state index in [-0.39, 0.29) is 24.4 Å². The van der Waals surface area contributed by atoms with Crippen LogP contribution in [-0.2, 0) is 9.53 Å². The van der Waals surface area contributed by atoms with Gasteiger partial charge >= 0.3 is 11.7 Å². The van der Waals surface area contributed by atoms with Crippen molar-refractivity contribution in [3.63, 3.8) is 0 Å². The Morgan fingerprint density at radius 3 is 2.34 bits per heavy atom. The number of methoxy groups -OCH3 is 1. The molecule has 0 aliphatic carbocycles. The van der Waals surface area contributed by atoms with Gasteiger partial charge in [0.1, 0.15) is 11.4 Å². The molecule has 0 saturated heterocycles. The fourth-order valence-corrected chi connectivity index (χ4v) is 2.35.